The molecule has 2 aromatic carbocycles. The van der Waals surface area contributed by atoms with E-state index in [9.17, 15) is 9.18 Å². The number of amides is 1. The van der Waals surface area contributed by atoms with Crippen LogP contribution in [0.3, 0.4) is 0 Å². The molecule has 0 unspecified atom stereocenters. The molecule has 0 atom stereocenters. The van der Waals surface area contributed by atoms with Crippen molar-refractivity contribution in [3.8, 4) is 0 Å². The lowest BCUT2D eigenvalue weighted by atomic mass is 9.91. The van der Waals surface area contributed by atoms with Gasteiger partial charge in [-0.15, -0.1) is 0 Å². The highest BCUT2D eigenvalue weighted by Gasteiger charge is 2.26. The molecule has 192 valence electrons. The fraction of sp³-hybridized carbons (Fsp3) is 0.276. The Kier molecular flexibility index (Phi) is 7.93. The van der Waals surface area contributed by atoms with Crippen LogP contribution in [0.2, 0.25) is 5.02 Å². The molecule has 0 spiro atoms. The molecule has 0 bridgehead atoms. The van der Waals surface area contributed by atoms with Gasteiger partial charge in [0.1, 0.15) is 11.4 Å². The topological polar surface area (TPSA) is 57.5 Å². The summed E-state index contributed by atoms with van der Waals surface area (Å²) in [5.74, 6) is -0.384. The third-order valence-corrected chi connectivity index (χ3v) is 6.14. The highest BCUT2D eigenvalue weighted by molar-refractivity contribution is 6.35. The highest BCUT2D eigenvalue weighted by atomic mass is 35.5. The number of rotatable bonds is 4. The summed E-state index contributed by atoms with van der Waals surface area (Å²) in [5, 5.41) is 0.440. The summed E-state index contributed by atoms with van der Waals surface area (Å²) in [7, 11) is 0. The summed E-state index contributed by atoms with van der Waals surface area (Å²) < 4.78 is 20.2. The SMILES string of the molecule is C=N/C=C1/C=CC=C(c2cc(Cl)ccc2F)C1=Nc1ccc(N2CCN(C(=O)OC(C)(C)C)CC2)cc1. The van der Waals surface area contributed by atoms with Gasteiger partial charge in [-0.05, 0) is 70.0 Å². The first-order valence-corrected chi connectivity index (χ1v) is 12.4. The lowest BCUT2D eigenvalue weighted by Crippen LogP contribution is -2.50. The Morgan fingerprint density at radius 1 is 1.11 bits per heavy atom. The van der Waals surface area contributed by atoms with E-state index in [0.717, 1.165) is 5.69 Å². The minimum atomic E-state index is -0.510. The van der Waals surface area contributed by atoms with Crippen LogP contribution in [0.5, 0.6) is 0 Å². The van der Waals surface area contributed by atoms with Crippen LogP contribution >= 0.6 is 11.6 Å². The fourth-order valence-electron chi connectivity index (χ4n) is 4.15. The van der Waals surface area contributed by atoms with Crippen molar-refractivity contribution < 1.29 is 13.9 Å². The molecule has 1 heterocycles. The van der Waals surface area contributed by atoms with Crippen LogP contribution in [0.1, 0.15) is 26.3 Å². The number of hydrogen-bond acceptors (Lipinski definition) is 5. The third kappa shape index (κ3) is 6.54. The van der Waals surface area contributed by atoms with Crippen LogP contribution < -0.4 is 4.90 Å². The van der Waals surface area contributed by atoms with E-state index >= 15 is 0 Å². The molecule has 2 aliphatic rings. The molecule has 0 saturated carbocycles. The number of ether oxygens (including phenoxy) is 1. The molecule has 0 radical (unpaired) electrons. The number of carbonyl (C=O) groups is 1. The highest BCUT2D eigenvalue weighted by Crippen LogP contribution is 2.31. The van der Waals surface area contributed by atoms with Gasteiger partial charge in [-0.1, -0.05) is 29.8 Å². The largest absolute Gasteiger partial charge is 0.444 e. The van der Waals surface area contributed by atoms with Crippen LogP contribution in [-0.4, -0.2) is 55.2 Å². The maximum atomic E-state index is 14.7. The van der Waals surface area contributed by atoms with Gasteiger partial charge in [0.2, 0.25) is 0 Å². The predicted molar refractivity (Wildman–Crippen MR) is 150 cm³/mol. The van der Waals surface area contributed by atoms with E-state index in [1.807, 2.05) is 63.3 Å². The summed E-state index contributed by atoms with van der Waals surface area (Å²) in [6.07, 6.45) is 6.82. The number of nitrogens with zero attached hydrogens (tertiary/aromatic N) is 4. The van der Waals surface area contributed by atoms with Gasteiger partial charge in [-0.25, -0.2) is 14.2 Å². The van der Waals surface area contributed by atoms with E-state index in [2.05, 4.69) is 16.6 Å². The molecule has 0 N–H and O–H groups in total. The Bertz CT molecular complexity index is 1300. The van der Waals surface area contributed by atoms with Crippen molar-refractivity contribution in [1.82, 2.24) is 4.90 Å². The van der Waals surface area contributed by atoms with Crippen molar-refractivity contribution in [3.63, 3.8) is 0 Å². The van der Waals surface area contributed by atoms with E-state index in [1.54, 1.807) is 17.2 Å². The van der Waals surface area contributed by atoms with E-state index in [4.69, 9.17) is 21.3 Å². The summed E-state index contributed by atoms with van der Waals surface area (Å²) in [6.45, 7) is 11.7. The van der Waals surface area contributed by atoms with Crippen LogP contribution in [0.25, 0.3) is 5.57 Å². The van der Waals surface area contributed by atoms with Crippen molar-refractivity contribution >= 4 is 47.1 Å². The average Bonchev–Trinajstić information content (AvgIpc) is 2.86. The number of anilines is 1. The van der Waals surface area contributed by atoms with Crippen molar-refractivity contribution in [2.45, 2.75) is 26.4 Å². The van der Waals surface area contributed by atoms with Gasteiger partial charge < -0.3 is 14.5 Å². The summed E-state index contributed by atoms with van der Waals surface area (Å²) in [6, 6.07) is 12.3. The first kappa shape index (κ1) is 26.4. The van der Waals surface area contributed by atoms with Crippen LogP contribution in [0.15, 0.2) is 82.5 Å². The molecule has 1 aliphatic heterocycles. The molecule has 1 aliphatic carbocycles. The molecule has 6 nitrogen and oxygen atoms in total. The molecule has 0 aromatic heterocycles. The van der Waals surface area contributed by atoms with Gasteiger partial charge >= 0.3 is 6.09 Å². The number of benzene rings is 2. The Morgan fingerprint density at radius 3 is 2.46 bits per heavy atom. The molecule has 1 fully saturated rings. The van der Waals surface area contributed by atoms with E-state index < -0.39 is 5.60 Å². The van der Waals surface area contributed by atoms with Crippen molar-refractivity contribution in [1.29, 1.82) is 0 Å². The summed E-state index contributed by atoms with van der Waals surface area (Å²) >= 11 is 6.16. The van der Waals surface area contributed by atoms with Crippen molar-refractivity contribution in [2.24, 2.45) is 9.98 Å². The molecule has 8 heteroatoms. The normalized spacial score (nSPS) is 18.2. The number of aliphatic imine (C=N–C) groups is 2. The second kappa shape index (κ2) is 11.1. The number of allylic oxidation sites excluding steroid dienone is 5. The number of halogens is 2. The van der Waals surface area contributed by atoms with Crippen molar-refractivity contribution in [3.05, 3.63) is 88.9 Å². The molecule has 2 aromatic rings. The molecule has 37 heavy (non-hydrogen) atoms. The molecule has 1 saturated heterocycles. The average molecular weight is 521 g/mol. The zero-order chi connectivity index (χ0) is 26.6. The maximum absolute atomic E-state index is 14.7. The van der Waals surface area contributed by atoms with E-state index in [1.165, 1.54) is 12.1 Å². The second-order valence-electron chi connectivity index (χ2n) is 9.76. The molecule has 1 amide bonds. The van der Waals surface area contributed by atoms with Gasteiger partial charge in [-0.2, -0.15) is 0 Å². The first-order valence-electron chi connectivity index (χ1n) is 12.1. The van der Waals surface area contributed by atoms with Crippen LogP contribution in [0, 0.1) is 5.82 Å². The van der Waals surface area contributed by atoms with Crippen LogP contribution in [-0.2, 0) is 4.74 Å². The predicted octanol–water partition coefficient (Wildman–Crippen LogP) is 6.85. The standard InChI is InChI=1S/C29H30ClFN4O2/c1-29(2,3)37-28(36)35-16-14-34(15-17-35)23-11-9-22(10-12-23)33-27-20(19-32-4)6-5-7-24(27)25-18-21(30)8-13-26(25)31/h5-13,18-19H,4,14-17H2,1-3H3/b20-19-,33-27?. The van der Waals surface area contributed by atoms with Crippen molar-refractivity contribution in [2.75, 3.05) is 31.1 Å². The molecule has 4 rings (SSSR count). The minimum absolute atomic E-state index is 0.280. The third-order valence-electron chi connectivity index (χ3n) is 5.90. The zero-order valence-corrected chi connectivity index (χ0v) is 22.0. The number of carbonyl (C=O) groups excluding carboxylic acids is 1. The summed E-state index contributed by atoms with van der Waals surface area (Å²) in [4.78, 5) is 25.1. The Labute approximate surface area is 222 Å². The molecular formula is C29H30ClFN4O2. The number of hydrogen-bond donors (Lipinski definition) is 0. The minimum Gasteiger partial charge on any atom is -0.444 e. The van der Waals surface area contributed by atoms with Gasteiger partial charge in [0.05, 0.1) is 11.4 Å². The Morgan fingerprint density at radius 2 is 1.81 bits per heavy atom. The van der Waals surface area contributed by atoms with Gasteiger partial charge in [-0.3, -0.25) is 4.99 Å². The van der Waals surface area contributed by atoms with Gasteiger partial charge in [0, 0.05) is 59.8 Å². The van der Waals surface area contributed by atoms with E-state index in [0.29, 0.717) is 59.3 Å². The monoisotopic (exact) mass is 520 g/mol. The van der Waals surface area contributed by atoms with Gasteiger partial charge in [0.25, 0.3) is 0 Å². The fourth-order valence-corrected chi connectivity index (χ4v) is 4.32. The quantitative estimate of drug-likeness (QED) is 0.414. The Hall–Kier alpha value is -3.71. The van der Waals surface area contributed by atoms with Crippen LogP contribution in [0.4, 0.5) is 20.6 Å². The first-order chi connectivity index (χ1) is 17.6. The second-order valence-corrected chi connectivity index (χ2v) is 10.2. The zero-order valence-electron chi connectivity index (χ0n) is 21.2. The van der Waals surface area contributed by atoms with E-state index in [-0.39, 0.29) is 11.9 Å². The lowest BCUT2D eigenvalue weighted by Gasteiger charge is -2.36. The van der Waals surface area contributed by atoms with Gasteiger partial charge in [0.15, 0.2) is 0 Å². The number of piperazine rings is 1. The Balaban J connectivity index is 1.53. The smallest absolute Gasteiger partial charge is 0.410 e. The summed E-state index contributed by atoms with van der Waals surface area (Å²) in [5.41, 5.74) is 3.51. The molecular weight excluding hydrogens is 491 g/mol. The maximum Gasteiger partial charge on any atom is 0.410 e. The lowest BCUT2D eigenvalue weighted by molar-refractivity contribution is 0.0240.